The monoisotopic (exact) mass is 382 g/mol. The molecular weight excluding hydrogens is 357 g/mol. The molecule has 0 bridgehead atoms. The number of nitrogens with one attached hydrogen (secondary N) is 2. The van der Waals surface area contributed by atoms with Crippen molar-refractivity contribution in [3.05, 3.63) is 64.8 Å². The minimum absolute atomic E-state index is 0.0945. The highest BCUT2D eigenvalue weighted by molar-refractivity contribution is 5.57. The average molecular weight is 382 g/mol. The van der Waals surface area contributed by atoms with Gasteiger partial charge in [0.2, 0.25) is 0 Å². The predicted octanol–water partition coefficient (Wildman–Crippen LogP) is 4.89. The highest BCUT2D eigenvalue weighted by atomic mass is 19.2. The molecule has 1 aliphatic rings. The lowest BCUT2D eigenvalue weighted by molar-refractivity contribution is -0.0987. The van der Waals surface area contributed by atoms with E-state index in [4.69, 9.17) is 9.59 Å². The van der Waals surface area contributed by atoms with E-state index in [1.807, 2.05) is 34.3 Å². The zero-order valence-corrected chi connectivity index (χ0v) is 16.0. The van der Waals surface area contributed by atoms with Gasteiger partial charge in [-0.3, -0.25) is 0 Å². The molecule has 0 unspecified atom stereocenters. The molecular formula is C20H25F3N2O2. The Morgan fingerprint density at radius 2 is 1.59 bits per heavy atom. The van der Waals surface area contributed by atoms with Gasteiger partial charge in [-0.2, -0.15) is 0 Å². The van der Waals surface area contributed by atoms with Crippen LogP contribution in [-0.4, -0.2) is 19.1 Å². The number of carbonyl (C=O) groups is 2. The van der Waals surface area contributed by atoms with Crippen LogP contribution in [0.5, 0.6) is 0 Å². The molecule has 0 radical (unpaired) electrons. The Hall–Kier alpha value is -2.83. The molecule has 0 aromatic heterocycles. The van der Waals surface area contributed by atoms with Gasteiger partial charge in [0.25, 0.3) is 0 Å². The van der Waals surface area contributed by atoms with Crippen molar-refractivity contribution in [3.8, 4) is 0 Å². The molecule has 27 heavy (non-hydrogen) atoms. The molecule has 0 spiro atoms. The third kappa shape index (κ3) is 7.52. The quantitative estimate of drug-likeness (QED) is 0.782. The lowest BCUT2D eigenvalue weighted by atomic mass is 10.1. The fraction of sp³-hybridized carbons (Fsp3) is 0.300. The van der Waals surface area contributed by atoms with Crippen LogP contribution in [0, 0.1) is 12.7 Å². The standard InChI is InChI=1S/C18H21F3N2.2CH2O/c1-11-8-9-14(13(20)10-11)22-17-15(23-18(2,3)4)7-5-6-12(19)16(17)21;2*1-2/h6-10,22-23H,5H2,1-4H3;2*1H2. The van der Waals surface area contributed by atoms with Gasteiger partial charge in [-0.15, -0.1) is 0 Å². The molecule has 1 aromatic rings. The van der Waals surface area contributed by atoms with Gasteiger partial charge in [0.05, 0.1) is 11.4 Å². The van der Waals surface area contributed by atoms with Gasteiger partial charge >= 0.3 is 0 Å². The number of aryl methyl sites for hydroxylation is 1. The largest absolute Gasteiger partial charge is 0.379 e. The van der Waals surface area contributed by atoms with Crippen molar-refractivity contribution in [1.29, 1.82) is 0 Å². The van der Waals surface area contributed by atoms with Crippen LogP contribution < -0.4 is 10.6 Å². The number of benzene rings is 1. The van der Waals surface area contributed by atoms with Crippen molar-refractivity contribution in [1.82, 2.24) is 5.32 Å². The zero-order valence-electron chi connectivity index (χ0n) is 16.0. The van der Waals surface area contributed by atoms with Crippen molar-refractivity contribution in [2.45, 2.75) is 39.7 Å². The smallest absolute Gasteiger partial charge is 0.183 e. The molecule has 7 heteroatoms. The van der Waals surface area contributed by atoms with Gasteiger partial charge in [-0.1, -0.05) is 12.1 Å². The first-order valence-corrected chi connectivity index (χ1v) is 8.03. The van der Waals surface area contributed by atoms with Crippen molar-refractivity contribution >= 4 is 19.3 Å². The average Bonchev–Trinajstić information content (AvgIpc) is 2.73. The topological polar surface area (TPSA) is 58.2 Å². The molecule has 2 rings (SSSR count). The molecule has 0 fully saturated rings. The summed E-state index contributed by atoms with van der Waals surface area (Å²) in [7, 11) is 0. The summed E-state index contributed by atoms with van der Waals surface area (Å²) in [5.41, 5.74) is 0.786. The molecule has 0 atom stereocenters. The number of rotatable bonds is 3. The maximum Gasteiger partial charge on any atom is 0.183 e. The van der Waals surface area contributed by atoms with Gasteiger partial charge in [0.1, 0.15) is 25.1 Å². The Morgan fingerprint density at radius 3 is 2.11 bits per heavy atom. The van der Waals surface area contributed by atoms with E-state index in [1.54, 1.807) is 19.1 Å². The van der Waals surface area contributed by atoms with E-state index < -0.39 is 17.5 Å². The van der Waals surface area contributed by atoms with Gasteiger partial charge in [-0.05, 0) is 57.9 Å². The maximum atomic E-state index is 14.4. The second-order valence-electron chi connectivity index (χ2n) is 6.58. The third-order valence-corrected chi connectivity index (χ3v) is 3.21. The minimum Gasteiger partial charge on any atom is -0.379 e. The first-order valence-electron chi connectivity index (χ1n) is 8.03. The van der Waals surface area contributed by atoms with E-state index in [1.165, 1.54) is 12.1 Å². The van der Waals surface area contributed by atoms with Crippen molar-refractivity contribution in [2.24, 2.45) is 0 Å². The Morgan fingerprint density at radius 1 is 1.00 bits per heavy atom. The van der Waals surface area contributed by atoms with Gasteiger partial charge < -0.3 is 20.2 Å². The fourth-order valence-corrected chi connectivity index (χ4v) is 2.21. The summed E-state index contributed by atoms with van der Waals surface area (Å²) in [5.74, 6) is -2.51. The van der Waals surface area contributed by atoms with Crippen LogP contribution in [0.4, 0.5) is 18.9 Å². The van der Waals surface area contributed by atoms with Crippen LogP contribution in [0.1, 0.15) is 32.8 Å². The van der Waals surface area contributed by atoms with Crippen molar-refractivity contribution < 1.29 is 22.8 Å². The van der Waals surface area contributed by atoms with E-state index in [0.29, 0.717) is 5.70 Å². The summed E-state index contributed by atoms with van der Waals surface area (Å²) in [4.78, 5) is 16.0. The van der Waals surface area contributed by atoms with Gasteiger partial charge in [0, 0.05) is 5.54 Å². The lowest BCUT2D eigenvalue weighted by Gasteiger charge is -2.26. The molecule has 0 heterocycles. The van der Waals surface area contributed by atoms with E-state index >= 15 is 0 Å². The molecule has 1 aliphatic carbocycles. The molecule has 0 amide bonds. The molecule has 0 saturated heterocycles. The highest BCUT2D eigenvalue weighted by Gasteiger charge is 2.22. The van der Waals surface area contributed by atoms with E-state index in [2.05, 4.69) is 10.6 Å². The Kier molecular flexibility index (Phi) is 9.85. The summed E-state index contributed by atoms with van der Waals surface area (Å²) < 4.78 is 42.2. The van der Waals surface area contributed by atoms with E-state index in [-0.39, 0.29) is 23.3 Å². The number of halogens is 3. The normalized spacial score (nSPS) is 13.7. The SMILES string of the molecule is C=O.C=O.Cc1ccc(NC2=C(F)C(F)=CCC=C2NC(C)(C)C)c(F)c1. The van der Waals surface area contributed by atoms with Crippen LogP contribution in [0.25, 0.3) is 0 Å². The van der Waals surface area contributed by atoms with Crippen LogP contribution in [0.3, 0.4) is 0 Å². The highest BCUT2D eigenvalue weighted by Crippen LogP contribution is 2.29. The number of allylic oxidation sites excluding steroid dienone is 4. The second-order valence-corrected chi connectivity index (χ2v) is 6.58. The van der Waals surface area contributed by atoms with Crippen LogP contribution in [0.2, 0.25) is 0 Å². The zero-order chi connectivity index (χ0) is 21.2. The van der Waals surface area contributed by atoms with Crippen LogP contribution in [0.15, 0.2) is 53.4 Å². The lowest BCUT2D eigenvalue weighted by Crippen LogP contribution is -2.36. The number of hydrogen-bond donors (Lipinski definition) is 2. The molecule has 0 aliphatic heterocycles. The van der Waals surface area contributed by atoms with Gasteiger partial charge in [-0.25, -0.2) is 13.2 Å². The van der Waals surface area contributed by atoms with Crippen molar-refractivity contribution in [3.63, 3.8) is 0 Å². The number of carbonyl (C=O) groups excluding carboxylic acids is 2. The predicted molar refractivity (Wildman–Crippen MR) is 102 cm³/mol. The molecule has 4 nitrogen and oxygen atoms in total. The maximum absolute atomic E-state index is 14.4. The molecule has 2 N–H and O–H groups in total. The Balaban J connectivity index is 0.00000158. The van der Waals surface area contributed by atoms with E-state index in [0.717, 1.165) is 11.6 Å². The molecule has 1 aromatic carbocycles. The second kappa shape index (κ2) is 11.0. The molecule has 0 saturated carbocycles. The Labute approximate surface area is 157 Å². The third-order valence-electron chi connectivity index (χ3n) is 3.21. The van der Waals surface area contributed by atoms with E-state index in [9.17, 15) is 13.2 Å². The summed E-state index contributed by atoms with van der Waals surface area (Å²) in [6.45, 7) is 11.5. The fourth-order valence-electron chi connectivity index (χ4n) is 2.21. The van der Waals surface area contributed by atoms with Crippen molar-refractivity contribution in [2.75, 3.05) is 5.32 Å². The number of hydrogen-bond acceptors (Lipinski definition) is 4. The van der Waals surface area contributed by atoms with Crippen LogP contribution in [-0.2, 0) is 9.59 Å². The Bertz CT molecular complexity index is 733. The van der Waals surface area contributed by atoms with Gasteiger partial charge in [0.15, 0.2) is 11.7 Å². The summed E-state index contributed by atoms with van der Waals surface area (Å²) in [6, 6.07) is 4.55. The summed E-state index contributed by atoms with van der Waals surface area (Å²) in [6.07, 6.45) is 3.07. The molecule has 148 valence electrons. The first-order chi connectivity index (χ1) is 12.7. The number of anilines is 1. The minimum atomic E-state index is -1.04. The summed E-state index contributed by atoms with van der Waals surface area (Å²) in [5, 5.41) is 5.82. The summed E-state index contributed by atoms with van der Waals surface area (Å²) >= 11 is 0. The van der Waals surface area contributed by atoms with Crippen LogP contribution >= 0.6 is 0 Å². The first kappa shape index (κ1) is 24.2.